The number of likely N-dealkylation sites (tertiary alicyclic amines) is 2. The third-order valence-corrected chi connectivity index (χ3v) is 5.10. The van der Waals surface area contributed by atoms with Crippen LogP contribution in [0, 0.1) is 0 Å². The van der Waals surface area contributed by atoms with Crippen LogP contribution in [-0.2, 0) is 11.2 Å². The quantitative estimate of drug-likeness (QED) is 0.853. The lowest BCUT2D eigenvalue weighted by Gasteiger charge is -2.44. The molecule has 1 aromatic heterocycles. The number of aryl methyl sites for hydroxylation is 1. The van der Waals surface area contributed by atoms with Gasteiger partial charge in [0, 0.05) is 26.1 Å². The lowest BCUT2D eigenvalue weighted by atomic mass is 9.85. The summed E-state index contributed by atoms with van der Waals surface area (Å²) in [6.07, 6.45) is 6.23. The molecule has 6 nitrogen and oxygen atoms in total. The molecule has 0 aliphatic carbocycles. The molecule has 1 aromatic rings. The van der Waals surface area contributed by atoms with Crippen molar-refractivity contribution in [2.75, 3.05) is 19.6 Å². The Bertz CT molecular complexity index is 596. The number of amides is 2. The van der Waals surface area contributed by atoms with Gasteiger partial charge in [0.05, 0.1) is 0 Å². The van der Waals surface area contributed by atoms with Crippen LogP contribution < -0.4 is 0 Å². The highest BCUT2D eigenvalue weighted by Gasteiger charge is 2.53. The first-order valence-electron chi connectivity index (χ1n) is 8.67. The summed E-state index contributed by atoms with van der Waals surface area (Å²) < 4.78 is 5.30. The Morgan fingerprint density at radius 2 is 2.04 bits per heavy atom. The molecule has 2 aliphatic rings. The van der Waals surface area contributed by atoms with Crippen LogP contribution in [0.3, 0.4) is 0 Å². The van der Waals surface area contributed by atoms with Crippen LogP contribution in [0.2, 0.25) is 0 Å². The maximum absolute atomic E-state index is 13.1. The summed E-state index contributed by atoms with van der Waals surface area (Å²) in [5.74, 6) is 0.573. The highest BCUT2D eigenvalue weighted by Crippen LogP contribution is 2.39. The fraction of sp³-hybridized carbons (Fsp3) is 0.706. The Labute approximate surface area is 136 Å². The van der Waals surface area contributed by atoms with Crippen molar-refractivity contribution in [1.82, 2.24) is 14.8 Å². The molecule has 0 aromatic carbocycles. The number of piperidine rings is 1. The van der Waals surface area contributed by atoms with E-state index in [-0.39, 0.29) is 11.8 Å². The maximum atomic E-state index is 13.1. The molecule has 2 amide bonds. The number of nitrogens with zero attached hydrogens (tertiary/aromatic N) is 3. The third-order valence-electron chi connectivity index (χ3n) is 5.10. The Morgan fingerprint density at radius 3 is 2.74 bits per heavy atom. The van der Waals surface area contributed by atoms with E-state index >= 15 is 0 Å². The molecule has 2 saturated heterocycles. The number of hydrogen-bond donors (Lipinski definition) is 0. The highest BCUT2D eigenvalue weighted by molar-refractivity contribution is 5.99. The number of aromatic nitrogens is 1. The second-order valence-corrected chi connectivity index (χ2v) is 6.47. The zero-order chi connectivity index (χ0) is 16.4. The standard InChI is InChI=1S/C17H25N3O3/c1-3-9-19-10-5-7-17(16(19)22)8-6-11-20(17)15(21)14-13(4-2)23-12-18-14/h12H,3-11H2,1-2H3. The Hall–Kier alpha value is -1.85. The topological polar surface area (TPSA) is 66.7 Å². The van der Waals surface area contributed by atoms with Crippen LogP contribution in [0.15, 0.2) is 10.8 Å². The monoisotopic (exact) mass is 319 g/mol. The Balaban J connectivity index is 1.90. The van der Waals surface area contributed by atoms with Crippen molar-refractivity contribution in [3.05, 3.63) is 17.8 Å². The molecule has 126 valence electrons. The first-order chi connectivity index (χ1) is 11.1. The van der Waals surface area contributed by atoms with Crippen LogP contribution in [-0.4, -0.2) is 51.8 Å². The minimum atomic E-state index is -0.658. The summed E-state index contributed by atoms with van der Waals surface area (Å²) in [7, 11) is 0. The molecule has 0 radical (unpaired) electrons. The van der Waals surface area contributed by atoms with Crippen LogP contribution in [0.1, 0.15) is 62.2 Å². The second kappa shape index (κ2) is 6.34. The number of oxazole rings is 1. The predicted octanol–water partition coefficient (Wildman–Crippen LogP) is 2.24. The van der Waals surface area contributed by atoms with E-state index in [1.54, 1.807) is 4.90 Å². The summed E-state index contributed by atoms with van der Waals surface area (Å²) in [4.78, 5) is 33.9. The van der Waals surface area contributed by atoms with Crippen molar-refractivity contribution in [2.24, 2.45) is 0 Å². The number of hydrogen-bond acceptors (Lipinski definition) is 4. The average molecular weight is 319 g/mol. The minimum Gasteiger partial charge on any atom is -0.448 e. The van der Waals surface area contributed by atoms with E-state index in [4.69, 9.17) is 4.42 Å². The van der Waals surface area contributed by atoms with Crippen molar-refractivity contribution < 1.29 is 14.0 Å². The van der Waals surface area contributed by atoms with E-state index < -0.39 is 5.54 Å². The summed E-state index contributed by atoms with van der Waals surface area (Å²) in [6.45, 7) is 6.22. The van der Waals surface area contributed by atoms with E-state index in [1.165, 1.54) is 6.39 Å². The summed E-state index contributed by atoms with van der Waals surface area (Å²) in [6, 6.07) is 0. The third kappa shape index (κ3) is 2.54. The second-order valence-electron chi connectivity index (χ2n) is 6.47. The molecule has 1 atom stereocenters. The normalized spacial score (nSPS) is 24.7. The van der Waals surface area contributed by atoms with E-state index in [0.717, 1.165) is 45.2 Å². The van der Waals surface area contributed by atoms with Gasteiger partial charge in [0.25, 0.3) is 5.91 Å². The fourth-order valence-corrected chi connectivity index (χ4v) is 4.03. The van der Waals surface area contributed by atoms with Crippen LogP contribution in [0.5, 0.6) is 0 Å². The summed E-state index contributed by atoms with van der Waals surface area (Å²) >= 11 is 0. The van der Waals surface area contributed by atoms with Gasteiger partial charge in [0.2, 0.25) is 5.91 Å². The molecule has 1 unspecified atom stereocenters. The average Bonchev–Trinajstić information content (AvgIpc) is 3.19. The molecule has 2 aliphatic heterocycles. The number of carbonyl (C=O) groups is 2. The van der Waals surface area contributed by atoms with Gasteiger partial charge >= 0.3 is 0 Å². The lowest BCUT2D eigenvalue weighted by molar-refractivity contribution is -0.145. The van der Waals surface area contributed by atoms with Gasteiger partial charge in [-0.3, -0.25) is 9.59 Å². The van der Waals surface area contributed by atoms with Crippen LogP contribution in [0.25, 0.3) is 0 Å². The Kier molecular flexibility index (Phi) is 4.41. The summed E-state index contributed by atoms with van der Waals surface area (Å²) in [5, 5.41) is 0. The smallest absolute Gasteiger partial charge is 0.277 e. The molecule has 2 fully saturated rings. The van der Waals surface area contributed by atoms with Crippen LogP contribution in [0.4, 0.5) is 0 Å². The fourth-order valence-electron chi connectivity index (χ4n) is 4.03. The van der Waals surface area contributed by atoms with Crippen molar-refractivity contribution in [2.45, 2.75) is 57.9 Å². The van der Waals surface area contributed by atoms with Gasteiger partial charge in [-0.1, -0.05) is 13.8 Å². The molecule has 0 saturated carbocycles. The van der Waals surface area contributed by atoms with Gasteiger partial charge in [-0.05, 0) is 32.1 Å². The molecule has 0 N–H and O–H groups in total. The van der Waals surface area contributed by atoms with Crippen molar-refractivity contribution >= 4 is 11.8 Å². The van der Waals surface area contributed by atoms with E-state index in [1.807, 2.05) is 11.8 Å². The molecule has 3 rings (SSSR count). The van der Waals surface area contributed by atoms with Crippen molar-refractivity contribution in [1.29, 1.82) is 0 Å². The highest BCUT2D eigenvalue weighted by atomic mass is 16.3. The van der Waals surface area contributed by atoms with Gasteiger partial charge < -0.3 is 14.2 Å². The van der Waals surface area contributed by atoms with Gasteiger partial charge in [0.1, 0.15) is 11.3 Å². The van der Waals surface area contributed by atoms with Gasteiger partial charge in [-0.15, -0.1) is 0 Å². The summed E-state index contributed by atoms with van der Waals surface area (Å²) in [5.41, 5.74) is -0.289. The number of rotatable bonds is 4. The van der Waals surface area contributed by atoms with Gasteiger partial charge in [-0.25, -0.2) is 4.98 Å². The number of carbonyl (C=O) groups excluding carboxylic acids is 2. The van der Waals surface area contributed by atoms with Crippen molar-refractivity contribution in [3.63, 3.8) is 0 Å². The van der Waals surface area contributed by atoms with Gasteiger partial charge in [-0.2, -0.15) is 0 Å². The first kappa shape index (κ1) is 16.0. The van der Waals surface area contributed by atoms with E-state index in [0.29, 0.717) is 24.4 Å². The maximum Gasteiger partial charge on any atom is 0.277 e. The molecule has 0 bridgehead atoms. The lowest BCUT2D eigenvalue weighted by Crippen LogP contribution is -2.61. The SMILES string of the molecule is CCCN1CCCC2(CCCN2C(=O)c2ncoc2CC)C1=O. The molecule has 3 heterocycles. The van der Waals surface area contributed by atoms with E-state index in [2.05, 4.69) is 11.9 Å². The van der Waals surface area contributed by atoms with Gasteiger partial charge in [0.15, 0.2) is 12.1 Å². The molecule has 6 heteroatoms. The molecular formula is C17H25N3O3. The molecule has 23 heavy (non-hydrogen) atoms. The Morgan fingerprint density at radius 1 is 1.30 bits per heavy atom. The predicted molar refractivity (Wildman–Crippen MR) is 85.0 cm³/mol. The largest absolute Gasteiger partial charge is 0.448 e. The molecule has 1 spiro atoms. The van der Waals surface area contributed by atoms with E-state index in [9.17, 15) is 9.59 Å². The zero-order valence-corrected chi connectivity index (χ0v) is 14.0. The van der Waals surface area contributed by atoms with Crippen LogP contribution >= 0.6 is 0 Å². The molecular weight excluding hydrogens is 294 g/mol. The first-order valence-corrected chi connectivity index (χ1v) is 8.67. The van der Waals surface area contributed by atoms with Crippen molar-refractivity contribution in [3.8, 4) is 0 Å². The zero-order valence-electron chi connectivity index (χ0n) is 14.0. The minimum absolute atomic E-state index is 0.123.